The molecule has 14 heavy (non-hydrogen) atoms. The number of benzene rings is 1. The van der Waals surface area contributed by atoms with Gasteiger partial charge in [0.15, 0.2) is 0 Å². The van der Waals surface area contributed by atoms with Gasteiger partial charge in [-0.05, 0) is 35.7 Å². The van der Waals surface area contributed by atoms with E-state index in [9.17, 15) is 0 Å². The van der Waals surface area contributed by atoms with Crippen molar-refractivity contribution in [3.63, 3.8) is 0 Å². The van der Waals surface area contributed by atoms with Gasteiger partial charge in [-0.1, -0.05) is 0 Å². The van der Waals surface area contributed by atoms with Crippen LogP contribution in [0, 0.1) is 0 Å². The van der Waals surface area contributed by atoms with Crippen LogP contribution in [-0.4, -0.2) is 16.4 Å². The molecule has 0 spiro atoms. The molecule has 0 atom stereocenters. The molecule has 2 rings (SSSR count). The summed E-state index contributed by atoms with van der Waals surface area (Å²) in [4.78, 5) is 5.13. The molecular formula is C9H9N3OS. The van der Waals surface area contributed by atoms with Crippen molar-refractivity contribution in [1.29, 1.82) is 0 Å². The van der Waals surface area contributed by atoms with Crippen molar-refractivity contribution >= 4 is 17.7 Å². The van der Waals surface area contributed by atoms with Crippen LogP contribution in [0.1, 0.15) is 0 Å². The van der Waals surface area contributed by atoms with Crippen LogP contribution in [0.4, 0.5) is 5.95 Å². The highest BCUT2D eigenvalue weighted by Gasteiger charge is 2.05. The standard InChI is InChI=1S/C9H9N3OS/c1-14-7-4-2-6(3-5-7)8-11-9(10)12-13-8/h2-5H,1H3,(H2,10,12). The topological polar surface area (TPSA) is 64.9 Å². The minimum atomic E-state index is 0.161. The maximum Gasteiger partial charge on any atom is 0.261 e. The number of hydrogen-bond donors (Lipinski definition) is 1. The summed E-state index contributed by atoms with van der Waals surface area (Å²) in [5.74, 6) is 0.615. The normalized spacial score (nSPS) is 10.4. The molecule has 0 aliphatic carbocycles. The zero-order chi connectivity index (χ0) is 9.97. The molecular weight excluding hydrogens is 198 g/mol. The summed E-state index contributed by atoms with van der Waals surface area (Å²) in [6.45, 7) is 0. The van der Waals surface area contributed by atoms with Gasteiger partial charge in [0, 0.05) is 10.5 Å². The minimum absolute atomic E-state index is 0.161. The summed E-state index contributed by atoms with van der Waals surface area (Å²) in [7, 11) is 0. The number of anilines is 1. The van der Waals surface area contributed by atoms with Crippen molar-refractivity contribution in [2.24, 2.45) is 0 Å². The fraction of sp³-hybridized carbons (Fsp3) is 0.111. The van der Waals surface area contributed by atoms with Crippen molar-refractivity contribution in [2.75, 3.05) is 12.0 Å². The molecule has 0 saturated carbocycles. The third-order valence-corrected chi connectivity index (χ3v) is 2.52. The highest BCUT2D eigenvalue weighted by molar-refractivity contribution is 7.98. The molecule has 0 fully saturated rings. The van der Waals surface area contributed by atoms with Gasteiger partial charge in [-0.25, -0.2) is 0 Å². The molecule has 2 N–H and O–H groups in total. The highest BCUT2D eigenvalue weighted by atomic mass is 32.2. The average Bonchev–Trinajstić information content (AvgIpc) is 2.65. The second-order valence-corrected chi connectivity index (χ2v) is 3.57. The Kier molecular flexibility index (Phi) is 2.41. The van der Waals surface area contributed by atoms with Gasteiger partial charge in [-0.3, -0.25) is 0 Å². The van der Waals surface area contributed by atoms with Gasteiger partial charge in [0.05, 0.1) is 0 Å². The van der Waals surface area contributed by atoms with Gasteiger partial charge in [-0.15, -0.1) is 11.8 Å². The Morgan fingerprint density at radius 2 is 2.00 bits per heavy atom. The molecule has 0 aliphatic heterocycles. The molecule has 0 aliphatic rings. The van der Waals surface area contributed by atoms with Crippen molar-refractivity contribution in [1.82, 2.24) is 10.1 Å². The van der Waals surface area contributed by atoms with Gasteiger partial charge in [0.25, 0.3) is 11.8 Å². The molecule has 5 heteroatoms. The van der Waals surface area contributed by atoms with Gasteiger partial charge in [0.2, 0.25) is 0 Å². The number of rotatable bonds is 2. The monoisotopic (exact) mass is 207 g/mol. The number of hydrogen-bond acceptors (Lipinski definition) is 5. The first-order valence-corrected chi connectivity index (χ1v) is 5.25. The maximum absolute atomic E-state index is 5.35. The van der Waals surface area contributed by atoms with Crippen LogP contribution in [-0.2, 0) is 0 Å². The van der Waals surface area contributed by atoms with Crippen molar-refractivity contribution in [3.8, 4) is 11.5 Å². The molecule has 0 amide bonds. The summed E-state index contributed by atoms with van der Waals surface area (Å²) in [5.41, 5.74) is 6.23. The van der Waals surface area contributed by atoms with Crippen molar-refractivity contribution in [3.05, 3.63) is 24.3 Å². The molecule has 4 nitrogen and oxygen atoms in total. The lowest BCUT2D eigenvalue weighted by molar-refractivity contribution is 0.433. The summed E-state index contributed by atoms with van der Waals surface area (Å²) >= 11 is 1.69. The zero-order valence-corrected chi connectivity index (χ0v) is 8.41. The Bertz CT molecular complexity index is 424. The Hall–Kier alpha value is -1.49. The molecule has 72 valence electrons. The van der Waals surface area contributed by atoms with E-state index in [1.807, 2.05) is 30.5 Å². The fourth-order valence-corrected chi connectivity index (χ4v) is 1.49. The summed E-state index contributed by atoms with van der Waals surface area (Å²) in [6.07, 6.45) is 2.03. The molecule has 0 radical (unpaired) electrons. The summed E-state index contributed by atoms with van der Waals surface area (Å²) in [5, 5.41) is 3.52. The second kappa shape index (κ2) is 3.71. The highest BCUT2D eigenvalue weighted by Crippen LogP contribution is 2.21. The van der Waals surface area contributed by atoms with Crippen LogP contribution in [0.5, 0.6) is 0 Å². The lowest BCUT2D eigenvalue weighted by Gasteiger charge is -1.96. The van der Waals surface area contributed by atoms with E-state index >= 15 is 0 Å². The van der Waals surface area contributed by atoms with Crippen LogP contribution in [0.3, 0.4) is 0 Å². The first kappa shape index (κ1) is 9.08. The Morgan fingerprint density at radius 1 is 1.29 bits per heavy atom. The minimum Gasteiger partial charge on any atom is -0.365 e. The van der Waals surface area contributed by atoms with Crippen LogP contribution < -0.4 is 5.73 Å². The van der Waals surface area contributed by atoms with E-state index in [1.54, 1.807) is 11.8 Å². The molecule has 2 aromatic rings. The first-order chi connectivity index (χ1) is 6.79. The van der Waals surface area contributed by atoms with Crippen molar-refractivity contribution < 1.29 is 4.52 Å². The van der Waals surface area contributed by atoms with E-state index in [4.69, 9.17) is 10.3 Å². The summed E-state index contributed by atoms with van der Waals surface area (Å²) < 4.78 is 4.93. The summed E-state index contributed by atoms with van der Waals surface area (Å²) in [6, 6.07) is 7.86. The molecule has 1 aromatic carbocycles. The van der Waals surface area contributed by atoms with Gasteiger partial charge >= 0.3 is 0 Å². The Balaban J connectivity index is 2.33. The zero-order valence-electron chi connectivity index (χ0n) is 7.60. The molecule has 0 unspecified atom stereocenters. The van der Waals surface area contributed by atoms with Crippen LogP contribution in [0.15, 0.2) is 33.7 Å². The second-order valence-electron chi connectivity index (χ2n) is 2.69. The number of nitrogen functional groups attached to an aromatic ring is 1. The molecule has 1 heterocycles. The Morgan fingerprint density at radius 3 is 2.50 bits per heavy atom. The first-order valence-electron chi connectivity index (χ1n) is 4.03. The van der Waals surface area contributed by atoms with Gasteiger partial charge < -0.3 is 10.3 Å². The average molecular weight is 207 g/mol. The molecule has 1 aromatic heterocycles. The lowest BCUT2D eigenvalue weighted by Crippen LogP contribution is -1.85. The van der Waals surface area contributed by atoms with Crippen molar-refractivity contribution in [2.45, 2.75) is 4.90 Å². The molecule has 0 bridgehead atoms. The third-order valence-electron chi connectivity index (χ3n) is 1.78. The smallest absolute Gasteiger partial charge is 0.261 e. The van der Waals surface area contributed by atoms with Crippen LogP contribution in [0.2, 0.25) is 0 Å². The van der Waals surface area contributed by atoms with Crippen LogP contribution >= 0.6 is 11.8 Å². The van der Waals surface area contributed by atoms with Gasteiger partial charge in [-0.2, -0.15) is 4.98 Å². The number of nitrogens with zero attached hydrogens (tertiary/aromatic N) is 2. The van der Waals surface area contributed by atoms with Crippen LogP contribution in [0.25, 0.3) is 11.5 Å². The van der Waals surface area contributed by atoms with E-state index in [0.717, 1.165) is 5.56 Å². The molecule has 0 saturated heterocycles. The predicted molar refractivity (Wildman–Crippen MR) is 55.9 cm³/mol. The van der Waals surface area contributed by atoms with E-state index in [-0.39, 0.29) is 5.95 Å². The number of thioether (sulfide) groups is 1. The lowest BCUT2D eigenvalue weighted by atomic mass is 10.2. The van der Waals surface area contributed by atoms with Gasteiger partial charge in [0.1, 0.15) is 0 Å². The van der Waals surface area contributed by atoms with E-state index in [1.165, 1.54) is 4.90 Å². The predicted octanol–water partition coefficient (Wildman–Crippen LogP) is 2.04. The van der Waals surface area contributed by atoms with E-state index in [2.05, 4.69) is 10.1 Å². The third kappa shape index (κ3) is 1.72. The Labute approximate surface area is 85.5 Å². The largest absolute Gasteiger partial charge is 0.365 e. The quantitative estimate of drug-likeness (QED) is 0.763. The van der Waals surface area contributed by atoms with E-state index < -0.39 is 0 Å². The maximum atomic E-state index is 5.35. The number of nitrogens with two attached hydrogens (primary N) is 1. The SMILES string of the molecule is CSc1ccc(-c2nc(N)no2)cc1. The van der Waals surface area contributed by atoms with E-state index in [0.29, 0.717) is 5.89 Å². The number of aromatic nitrogens is 2. The fourth-order valence-electron chi connectivity index (χ4n) is 1.09.